The molecule has 0 spiro atoms. The predicted octanol–water partition coefficient (Wildman–Crippen LogP) is 3.00. The Kier molecular flexibility index (Phi) is 4.92. The van der Waals surface area contributed by atoms with Crippen LogP contribution in [0.5, 0.6) is 5.75 Å². The quantitative estimate of drug-likeness (QED) is 0.843. The molecule has 0 aliphatic carbocycles. The molecule has 112 valence electrons. The number of carboxylic acid groups (broad SMARTS) is 1. The summed E-state index contributed by atoms with van der Waals surface area (Å²) in [7, 11) is 0. The fourth-order valence-electron chi connectivity index (χ4n) is 1.90. The molecule has 0 amide bonds. The number of carboxylic acids is 1. The van der Waals surface area contributed by atoms with Crippen LogP contribution in [0.25, 0.3) is 0 Å². The lowest BCUT2D eigenvalue weighted by Gasteiger charge is -2.06. The first-order chi connectivity index (χ1) is 10.1. The fourth-order valence-corrected chi connectivity index (χ4v) is 1.90. The fraction of sp³-hybridized carbons (Fsp3) is 0.400. The molecular weight excluding hydrogens is 272 g/mol. The van der Waals surface area contributed by atoms with Gasteiger partial charge < -0.3 is 14.4 Å². The number of aromatic carboxylic acids is 1. The molecule has 2 rings (SSSR count). The SMILES string of the molecule is CCCCc1noc(COc2ccc(C(=O)O)c(C)c2)n1. The van der Waals surface area contributed by atoms with Crippen molar-refractivity contribution in [1.82, 2.24) is 10.1 Å². The molecule has 0 aliphatic heterocycles. The highest BCUT2D eigenvalue weighted by molar-refractivity contribution is 5.89. The van der Waals surface area contributed by atoms with Gasteiger partial charge in [0.1, 0.15) is 5.75 Å². The van der Waals surface area contributed by atoms with Crippen molar-refractivity contribution < 1.29 is 19.2 Å². The summed E-state index contributed by atoms with van der Waals surface area (Å²) in [5.74, 6) is 0.733. The van der Waals surface area contributed by atoms with Gasteiger partial charge in [-0.3, -0.25) is 0 Å². The molecule has 1 heterocycles. The average molecular weight is 290 g/mol. The molecule has 0 unspecified atom stereocenters. The van der Waals surface area contributed by atoms with Crippen molar-refractivity contribution in [3.8, 4) is 5.75 Å². The van der Waals surface area contributed by atoms with Crippen molar-refractivity contribution in [3.63, 3.8) is 0 Å². The molecule has 0 radical (unpaired) electrons. The molecule has 0 bridgehead atoms. The molecule has 0 fully saturated rings. The maximum absolute atomic E-state index is 10.9. The maximum Gasteiger partial charge on any atom is 0.335 e. The van der Waals surface area contributed by atoms with Crippen LogP contribution in [0.2, 0.25) is 0 Å². The summed E-state index contributed by atoms with van der Waals surface area (Å²) in [4.78, 5) is 15.2. The van der Waals surface area contributed by atoms with Crippen molar-refractivity contribution in [2.45, 2.75) is 39.7 Å². The van der Waals surface area contributed by atoms with E-state index in [2.05, 4.69) is 17.1 Å². The second-order valence-electron chi connectivity index (χ2n) is 4.78. The highest BCUT2D eigenvalue weighted by Gasteiger charge is 2.10. The molecule has 0 atom stereocenters. The molecule has 21 heavy (non-hydrogen) atoms. The van der Waals surface area contributed by atoms with Crippen molar-refractivity contribution in [2.75, 3.05) is 0 Å². The van der Waals surface area contributed by atoms with Crippen molar-refractivity contribution in [3.05, 3.63) is 41.0 Å². The highest BCUT2D eigenvalue weighted by atomic mass is 16.5. The molecular formula is C15H18N2O4. The van der Waals surface area contributed by atoms with Crippen LogP contribution in [-0.2, 0) is 13.0 Å². The Balaban J connectivity index is 1.95. The monoisotopic (exact) mass is 290 g/mol. The minimum Gasteiger partial charge on any atom is -0.484 e. The molecule has 0 aliphatic rings. The highest BCUT2D eigenvalue weighted by Crippen LogP contribution is 2.18. The van der Waals surface area contributed by atoms with E-state index in [0.29, 0.717) is 23.0 Å². The summed E-state index contributed by atoms with van der Waals surface area (Å²) in [6.45, 7) is 4.00. The van der Waals surface area contributed by atoms with E-state index in [4.69, 9.17) is 14.4 Å². The van der Waals surface area contributed by atoms with E-state index < -0.39 is 5.97 Å². The van der Waals surface area contributed by atoms with E-state index in [1.54, 1.807) is 19.1 Å². The van der Waals surface area contributed by atoms with Gasteiger partial charge in [-0.25, -0.2) is 4.79 Å². The van der Waals surface area contributed by atoms with E-state index in [0.717, 1.165) is 19.3 Å². The van der Waals surface area contributed by atoms with Gasteiger partial charge in [-0.2, -0.15) is 4.98 Å². The van der Waals surface area contributed by atoms with E-state index in [1.807, 2.05) is 0 Å². The largest absolute Gasteiger partial charge is 0.484 e. The number of rotatable bonds is 7. The average Bonchev–Trinajstić information content (AvgIpc) is 2.90. The van der Waals surface area contributed by atoms with Crippen LogP contribution >= 0.6 is 0 Å². The first kappa shape index (κ1) is 15.0. The van der Waals surface area contributed by atoms with E-state index >= 15 is 0 Å². The van der Waals surface area contributed by atoms with Crippen LogP contribution in [0, 0.1) is 6.92 Å². The summed E-state index contributed by atoms with van der Waals surface area (Å²) in [6, 6.07) is 4.82. The smallest absolute Gasteiger partial charge is 0.335 e. The zero-order chi connectivity index (χ0) is 15.2. The molecule has 6 heteroatoms. The zero-order valence-corrected chi connectivity index (χ0v) is 12.1. The minimum absolute atomic E-state index is 0.172. The maximum atomic E-state index is 10.9. The number of hydrogen-bond donors (Lipinski definition) is 1. The Labute approximate surface area is 122 Å². The van der Waals surface area contributed by atoms with Crippen molar-refractivity contribution >= 4 is 5.97 Å². The van der Waals surface area contributed by atoms with Gasteiger partial charge in [0, 0.05) is 6.42 Å². The summed E-state index contributed by atoms with van der Waals surface area (Å²) in [5, 5.41) is 12.8. The van der Waals surface area contributed by atoms with Crippen LogP contribution in [0.4, 0.5) is 0 Å². The third kappa shape index (κ3) is 4.05. The molecule has 1 N–H and O–H groups in total. The Bertz CT molecular complexity index is 622. The molecule has 1 aromatic carbocycles. The summed E-state index contributed by atoms with van der Waals surface area (Å²) in [6.07, 6.45) is 2.90. The number of ether oxygens (including phenoxy) is 1. The normalized spacial score (nSPS) is 10.6. The van der Waals surface area contributed by atoms with E-state index in [9.17, 15) is 4.79 Å². The standard InChI is InChI=1S/C15H18N2O4/c1-3-4-5-13-16-14(21-17-13)9-20-11-6-7-12(15(18)19)10(2)8-11/h6-8H,3-5,9H2,1-2H3,(H,18,19). The lowest BCUT2D eigenvalue weighted by molar-refractivity contribution is 0.0696. The van der Waals surface area contributed by atoms with Gasteiger partial charge in [0.2, 0.25) is 0 Å². The number of carbonyl (C=O) groups is 1. The second-order valence-corrected chi connectivity index (χ2v) is 4.78. The topological polar surface area (TPSA) is 85.5 Å². The van der Waals surface area contributed by atoms with Crippen molar-refractivity contribution in [1.29, 1.82) is 0 Å². The lowest BCUT2D eigenvalue weighted by atomic mass is 10.1. The lowest BCUT2D eigenvalue weighted by Crippen LogP contribution is -2.01. The first-order valence-electron chi connectivity index (χ1n) is 6.88. The van der Waals surface area contributed by atoms with Gasteiger partial charge >= 0.3 is 5.97 Å². The van der Waals surface area contributed by atoms with Gasteiger partial charge in [0.15, 0.2) is 12.4 Å². The van der Waals surface area contributed by atoms with Crippen LogP contribution in [-0.4, -0.2) is 21.2 Å². The van der Waals surface area contributed by atoms with Crippen LogP contribution in [0.1, 0.15) is 47.4 Å². The van der Waals surface area contributed by atoms with Crippen LogP contribution in [0.3, 0.4) is 0 Å². The predicted molar refractivity (Wildman–Crippen MR) is 75.4 cm³/mol. The van der Waals surface area contributed by atoms with Crippen LogP contribution < -0.4 is 4.74 Å². The number of hydrogen-bond acceptors (Lipinski definition) is 5. The molecule has 2 aromatic rings. The van der Waals surface area contributed by atoms with Gasteiger partial charge in [-0.1, -0.05) is 18.5 Å². The Morgan fingerprint density at radius 3 is 2.90 bits per heavy atom. The van der Waals surface area contributed by atoms with Crippen molar-refractivity contribution in [2.24, 2.45) is 0 Å². The second kappa shape index (κ2) is 6.88. The van der Waals surface area contributed by atoms with E-state index in [1.165, 1.54) is 6.07 Å². The van der Waals surface area contributed by atoms with Gasteiger partial charge in [0.25, 0.3) is 5.89 Å². The molecule has 0 saturated carbocycles. The van der Waals surface area contributed by atoms with Crippen LogP contribution in [0.15, 0.2) is 22.7 Å². The Morgan fingerprint density at radius 2 is 2.24 bits per heavy atom. The summed E-state index contributed by atoms with van der Waals surface area (Å²) < 4.78 is 10.6. The van der Waals surface area contributed by atoms with Gasteiger partial charge in [-0.05, 0) is 37.1 Å². The number of nitrogens with zero attached hydrogens (tertiary/aromatic N) is 2. The number of aryl methyl sites for hydroxylation is 2. The Morgan fingerprint density at radius 1 is 1.43 bits per heavy atom. The third-order valence-corrected chi connectivity index (χ3v) is 3.05. The minimum atomic E-state index is -0.948. The number of unbranched alkanes of at least 4 members (excludes halogenated alkanes) is 1. The third-order valence-electron chi connectivity index (χ3n) is 3.05. The Hall–Kier alpha value is -2.37. The van der Waals surface area contributed by atoms with Gasteiger partial charge in [0.05, 0.1) is 5.56 Å². The zero-order valence-electron chi connectivity index (χ0n) is 12.1. The number of aromatic nitrogens is 2. The molecule has 0 saturated heterocycles. The van der Waals surface area contributed by atoms with E-state index in [-0.39, 0.29) is 12.2 Å². The molecule has 1 aromatic heterocycles. The number of benzene rings is 1. The summed E-state index contributed by atoms with van der Waals surface area (Å²) >= 11 is 0. The molecule has 6 nitrogen and oxygen atoms in total. The summed E-state index contributed by atoms with van der Waals surface area (Å²) in [5.41, 5.74) is 0.913. The van der Waals surface area contributed by atoms with Gasteiger partial charge in [-0.15, -0.1) is 0 Å². The first-order valence-corrected chi connectivity index (χ1v) is 6.88.